The molecular weight excluding hydrogens is 418 g/mol. The Bertz CT molecular complexity index is 764. The van der Waals surface area contributed by atoms with Crippen LogP contribution in [0.4, 0.5) is 0 Å². The number of amides is 1. The van der Waals surface area contributed by atoms with E-state index in [4.69, 9.17) is 9.84 Å². The predicted octanol–water partition coefficient (Wildman–Crippen LogP) is 5.59. The Morgan fingerprint density at radius 3 is 1.85 bits per heavy atom. The van der Waals surface area contributed by atoms with Crippen molar-refractivity contribution < 1.29 is 24.2 Å². The number of rotatable bonds is 7. The van der Waals surface area contributed by atoms with Gasteiger partial charge in [-0.25, -0.2) is 0 Å². The van der Waals surface area contributed by atoms with Gasteiger partial charge in [-0.3, -0.25) is 14.4 Å². The van der Waals surface area contributed by atoms with Crippen molar-refractivity contribution >= 4 is 17.8 Å². The van der Waals surface area contributed by atoms with E-state index in [2.05, 4.69) is 0 Å². The molecule has 0 bridgehead atoms. The number of carbonyl (C=O) groups is 3. The number of carboxylic acids is 1. The minimum atomic E-state index is -0.618. The van der Waals surface area contributed by atoms with Crippen molar-refractivity contribution in [2.24, 2.45) is 10.8 Å². The largest absolute Gasteiger partial charge is 0.481 e. The summed E-state index contributed by atoms with van der Waals surface area (Å²) in [6.45, 7) is 6.49. The summed E-state index contributed by atoms with van der Waals surface area (Å²) in [4.78, 5) is 37.3. The molecule has 0 aliphatic heterocycles. The molecule has 1 N–H and O–H groups in total. The second-order valence-electron chi connectivity index (χ2n) is 10.00. The Labute approximate surface area is 198 Å². The van der Waals surface area contributed by atoms with Gasteiger partial charge >= 0.3 is 11.9 Å². The van der Waals surface area contributed by atoms with Crippen molar-refractivity contribution in [3.63, 3.8) is 0 Å². The predicted molar refractivity (Wildman–Crippen MR) is 129 cm³/mol. The summed E-state index contributed by atoms with van der Waals surface area (Å²) in [5.41, 5.74) is 0.280. The van der Waals surface area contributed by atoms with Crippen LogP contribution in [0.1, 0.15) is 90.5 Å². The highest BCUT2D eigenvalue weighted by Gasteiger charge is 2.38. The third-order valence-electron chi connectivity index (χ3n) is 7.08. The van der Waals surface area contributed by atoms with Crippen LogP contribution >= 0.6 is 0 Å². The normalized spacial score (nSPS) is 18.9. The molecule has 2 saturated carbocycles. The third-order valence-corrected chi connectivity index (χ3v) is 7.08. The number of benzene rings is 1. The quantitative estimate of drug-likeness (QED) is 0.537. The van der Waals surface area contributed by atoms with E-state index in [1.807, 2.05) is 44.2 Å². The molecule has 6 heteroatoms. The second-order valence-corrected chi connectivity index (χ2v) is 10.00. The first-order valence-corrected chi connectivity index (χ1v) is 12.4. The van der Waals surface area contributed by atoms with Crippen LogP contribution in [0.15, 0.2) is 30.3 Å². The maximum absolute atomic E-state index is 13.1. The molecule has 0 atom stereocenters. The number of esters is 1. The van der Waals surface area contributed by atoms with Crippen molar-refractivity contribution in [1.82, 2.24) is 4.90 Å². The topological polar surface area (TPSA) is 83.9 Å². The van der Waals surface area contributed by atoms with Crippen LogP contribution in [0.2, 0.25) is 0 Å². The molecule has 0 spiro atoms. The van der Waals surface area contributed by atoms with Crippen molar-refractivity contribution in [3.8, 4) is 0 Å². The molecular formula is C27H41NO5. The molecule has 2 aliphatic rings. The number of hydrogen-bond donors (Lipinski definition) is 1. The lowest BCUT2D eigenvalue weighted by molar-refractivity contribution is -0.154. The Morgan fingerprint density at radius 2 is 1.39 bits per heavy atom. The Kier molecular flexibility index (Phi) is 10.4. The zero-order valence-corrected chi connectivity index (χ0v) is 20.6. The van der Waals surface area contributed by atoms with Gasteiger partial charge in [0.1, 0.15) is 6.54 Å². The molecule has 6 nitrogen and oxygen atoms in total. The van der Waals surface area contributed by atoms with E-state index in [1.54, 1.807) is 11.8 Å². The van der Waals surface area contributed by atoms with Gasteiger partial charge in [0.15, 0.2) is 0 Å². The molecule has 0 radical (unpaired) electrons. The van der Waals surface area contributed by atoms with E-state index in [9.17, 15) is 14.4 Å². The van der Waals surface area contributed by atoms with Gasteiger partial charge in [0.05, 0.1) is 12.0 Å². The van der Waals surface area contributed by atoms with Crippen LogP contribution < -0.4 is 0 Å². The standard InChI is InChI=1S/C19H27NO3.C8H14O2/c1-3-23-17(21)15-20(14-16-10-6-4-7-11-16)18(22)19(2)12-8-5-9-13-19;1-8(7(9)10)5-3-2-4-6-8/h4,6-7,10-11H,3,5,8-9,12-15H2,1-2H3;2-6H2,1H3,(H,9,10). The molecule has 184 valence electrons. The SMILES string of the molecule is CC1(C(=O)O)CCCCC1.CCOC(=O)CN(Cc1ccccc1)C(=O)C1(C)CCCCC1. The summed E-state index contributed by atoms with van der Waals surface area (Å²) < 4.78 is 5.05. The van der Waals surface area contributed by atoms with Gasteiger partial charge in [-0.05, 0) is 45.1 Å². The summed E-state index contributed by atoms with van der Waals surface area (Å²) in [5.74, 6) is -0.877. The summed E-state index contributed by atoms with van der Waals surface area (Å²) in [7, 11) is 0. The first-order valence-electron chi connectivity index (χ1n) is 12.4. The van der Waals surface area contributed by atoms with Gasteiger partial charge in [-0.1, -0.05) is 75.8 Å². The number of aliphatic carboxylic acids is 1. The zero-order chi connectivity index (χ0) is 24.3. The molecule has 1 aromatic rings. The average molecular weight is 460 g/mol. The maximum Gasteiger partial charge on any atom is 0.325 e. The average Bonchev–Trinajstić information content (AvgIpc) is 2.80. The van der Waals surface area contributed by atoms with E-state index in [1.165, 1.54) is 12.8 Å². The molecule has 0 aromatic heterocycles. The van der Waals surface area contributed by atoms with Crippen LogP contribution in [0.5, 0.6) is 0 Å². The molecule has 2 fully saturated rings. The van der Waals surface area contributed by atoms with Crippen molar-refractivity contribution in [2.75, 3.05) is 13.2 Å². The van der Waals surface area contributed by atoms with E-state index < -0.39 is 11.4 Å². The van der Waals surface area contributed by atoms with E-state index in [0.717, 1.165) is 56.9 Å². The van der Waals surface area contributed by atoms with Crippen LogP contribution in [0, 0.1) is 10.8 Å². The highest BCUT2D eigenvalue weighted by Crippen LogP contribution is 2.38. The molecule has 0 saturated heterocycles. The van der Waals surface area contributed by atoms with Crippen LogP contribution in [0.25, 0.3) is 0 Å². The lowest BCUT2D eigenvalue weighted by atomic mass is 9.74. The van der Waals surface area contributed by atoms with Crippen molar-refractivity contribution in [3.05, 3.63) is 35.9 Å². The number of carbonyl (C=O) groups excluding carboxylic acids is 2. The minimum Gasteiger partial charge on any atom is -0.481 e. The first-order chi connectivity index (χ1) is 15.7. The molecule has 3 rings (SSSR count). The Hall–Kier alpha value is -2.37. The van der Waals surface area contributed by atoms with E-state index in [-0.39, 0.29) is 23.8 Å². The van der Waals surface area contributed by atoms with Crippen LogP contribution in [-0.4, -0.2) is 41.0 Å². The van der Waals surface area contributed by atoms with Crippen LogP contribution in [-0.2, 0) is 25.7 Å². The van der Waals surface area contributed by atoms with Gasteiger partial charge in [0, 0.05) is 12.0 Å². The molecule has 0 heterocycles. The monoisotopic (exact) mass is 459 g/mol. The fourth-order valence-electron chi connectivity index (χ4n) is 4.84. The first kappa shape index (κ1) is 26.9. The highest BCUT2D eigenvalue weighted by atomic mass is 16.5. The zero-order valence-electron chi connectivity index (χ0n) is 20.6. The van der Waals surface area contributed by atoms with Gasteiger partial charge in [-0.2, -0.15) is 0 Å². The highest BCUT2D eigenvalue weighted by molar-refractivity contribution is 5.86. The fourth-order valence-corrected chi connectivity index (χ4v) is 4.84. The smallest absolute Gasteiger partial charge is 0.325 e. The van der Waals surface area contributed by atoms with Gasteiger partial charge in [0.25, 0.3) is 0 Å². The molecule has 2 aliphatic carbocycles. The maximum atomic E-state index is 13.1. The van der Waals surface area contributed by atoms with Gasteiger partial charge in [0.2, 0.25) is 5.91 Å². The summed E-state index contributed by atoms with van der Waals surface area (Å²) in [6.07, 6.45) is 10.3. The van der Waals surface area contributed by atoms with Gasteiger partial charge in [-0.15, -0.1) is 0 Å². The Morgan fingerprint density at radius 1 is 0.879 bits per heavy atom. The second kappa shape index (κ2) is 12.8. The number of carboxylic acid groups (broad SMARTS) is 1. The number of nitrogens with zero attached hydrogens (tertiary/aromatic N) is 1. The lowest BCUT2D eigenvalue weighted by Crippen LogP contribution is -2.45. The summed E-state index contributed by atoms with van der Waals surface area (Å²) in [5, 5.41) is 8.80. The van der Waals surface area contributed by atoms with Gasteiger partial charge < -0.3 is 14.7 Å². The third kappa shape index (κ3) is 8.17. The van der Waals surface area contributed by atoms with Crippen LogP contribution in [0.3, 0.4) is 0 Å². The van der Waals surface area contributed by atoms with Crippen molar-refractivity contribution in [1.29, 1.82) is 0 Å². The molecule has 1 aromatic carbocycles. The number of ether oxygens (including phenoxy) is 1. The van der Waals surface area contributed by atoms with E-state index >= 15 is 0 Å². The lowest BCUT2D eigenvalue weighted by Gasteiger charge is -2.36. The Balaban J connectivity index is 0.000000321. The summed E-state index contributed by atoms with van der Waals surface area (Å²) >= 11 is 0. The van der Waals surface area contributed by atoms with Crippen molar-refractivity contribution in [2.45, 2.75) is 91.5 Å². The molecule has 33 heavy (non-hydrogen) atoms. The summed E-state index contributed by atoms with van der Waals surface area (Å²) in [6, 6.07) is 9.81. The van der Waals surface area contributed by atoms with E-state index in [0.29, 0.717) is 13.2 Å². The molecule has 0 unspecified atom stereocenters. The minimum absolute atomic E-state index is 0.0250. The fraction of sp³-hybridized carbons (Fsp3) is 0.667. The number of hydrogen-bond acceptors (Lipinski definition) is 4. The molecule has 1 amide bonds.